The molecule has 10 heteroatoms. The Morgan fingerprint density at radius 1 is 1.15 bits per heavy atom. The van der Waals surface area contributed by atoms with Crippen LogP contribution in [0.15, 0.2) is 24.3 Å². The summed E-state index contributed by atoms with van der Waals surface area (Å²) >= 11 is 0. The molecule has 8 nitrogen and oxygen atoms in total. The summed E-state index contributed by atoms with van der Waals surface area (Å²) in [5.41, 5.74) is 0.868. The first-order chi connectivity index (χ1) is 15.5. The number of amides is 2. The molecule has 2 fully saturated rings. The van der Waals surface area contributed by atoms with Crippen LogP contribution in [0.1, 0.15) is 58.4 Å². The Hall–Kier alpha value is -1.84. The van der Waals surface area contributed by atoms with Crippen LogP contribution in [0.5, 0.6) is 0 Å². The largest absolute Gasteiger partial charge is 0.342 e. The number of piperidine rings is 1. The normalized spacial score (nSPS) is 20.9. The number of sulfonamides is 1. The molecule has 0 aromatic heterocycles. The lowest BCUT2D eigenvalue weighted by molar-refractivity contribution is -0.161. The molecule has 0 bridgehead atoms. The Labute approximate surface area is 210 Å². The second-order valence-electron chi connectivity index (χ2n) is 9.88. The van der Waals surface area contributed by atoms with Crippen LogP contribution in [0.3, 0.4) is 0 Å². The van der Waals surface area contributed by atoms with Gasteiger partial charge in [0.05, 0.1) is 6.26 Å². The molecule has 192 valence electrons. The number of rotatable bonds is 9. The summed E-state index contributed by atoms with van der Waals surface area (Å²) in [7, 11) is -3.30. The molecule has 2 heterocycles. The Balaban J connectivity index is 0.00000408. The molecule has 1 aromatic rings. The zero-order chi connectivity index (χ0) is 24.2. The summed E-state index contributed by atoms with van der Waals surface area (Å²) in [4.78, 5) is 30.8. The van der Waals surface area contributed by atoms with Gasteiger partial charge in [0.15, 0.2) is 0 Å². The summed E-state index contributed by atoms with van der Waals surface area (Å²) < 4.78 is 25.2. The molecule has 2 N–H and O–H groups in total. The van der Waals surface area contributed by atoms with E-state index in [-0.39, 0.29) is 24.2 Å². The van der Waals surface area contributed by atoms with Crippen LogP contribution in [0.4, 0.5) is 5.69 Å². The van der Waals surface area contributed by atoms with E-state index in [1.54, 1.807) is 12.1 Å². The first-order valence-corrected chi connectivity index (χ1v) is 13.8. The molecule has 0 saturated carbocycles. The van der Waals surface area contributed by atoms with Crippen molar-refractivity contribution in [1.82, 2.24) is 15.1 Å². The van der Waals surface area contributed by atoms with Gasteiger partial charge in [0.1, 0.15) is 11.6 Å². The zero-order valence-corrected chi connectivity index (χ0v) is 22.3. The Morgan fingerprint density at radius 2 is 1.76 bits per heavy atom. The number of nitrogens with one attached hydrogen (secondary N) is 2. The average Bonchev–Trinajstić information content (AvgIpc) is 2.73. The van der Waals surface area contributed by atoms with Crippen LogP contribution >= 0.6 is 12.4 Å². The highest BCUT2D eigenvalue weighted by Gasteiger charge is 2.53. The van der Waals surface area contributed by atoms with Gasteiger partial charge in [0, 0.05) is 31.9 Å². The third kappa shape index (κ3) is 6.86. The van der Waals surface area contributed by atoms with Gasteiger partial charge in [-0.2, -0.15) is 0 Å². The standard InChI is InChI=1S/C24H38N4O4S.ClH/c1-5-6-13-28-22(29)21(16-18(2)3)25-23(30)24(28)11-14-27(15-12-24)17-19-7-9-20(10-8-19)26-33(4,31)32;/h7-10,18,21,26H,5-6,11-17H2,1-4H3,(H,25,30);1H/t21-;/m0./s1. The van der Waals surface area contributed by atoms with E-state index >= 15 is 0 Å². The quantitative estimate of drug-likeness (QED) is 0.528. The summed E-state index contributed by atoms with van der Waals surface area (Å²) in [6, 6.07) is 6.93. The second kappa shape index (κ2) is 11.7. The van der Waals surface area contributed by atoms with Gasteiger partial charge in [-0.05, 0) is 49.3 Å². The lowest BCUT2D eigenvalue weighted by Crippen LogP contribution is -2.73. The van der Waals surface area contributed by atoms with Gasteiger partial charge in [-0.1, -0.05) is 39.3 Å². The lowest BCUT2D eigenvalue weighted by atomic mass is 9.80. The molecule has 0 radical (unpaired) electrons. The van der Waals surface area contributed by atoms with Crippen LogP contribution in [0.25, 0.3) is 0 Å². The predicted octanol–water partition coefficient (Wildman–Crippen LogP) is 2.99. The summed E-state index contributed by atoms with van der Waals surface area (Å²) in [6.45, 7) is 9.04. The van der Waals surface area contributed by atoms with Gasteiger partial charge in [0.25, 0.3) is 0 Å². The van der Waals surface area contributed by atoms with Crippen molar-refractivity contribution in [3.63, 3.8) is 0 Å². The van der Waals surface area contributed by atoms with Crippen molar-refractivity contribution in [2.75, 3.05) is 30.6 Å². The molecule has 2 amide bonds. The molecule has 34 heavy (non-hydrogen) atoms. The van der Waals surface area contributed by atoms with Gasteiger partial charge in [-0.3, -0.25) is 19.2 Å². The molecule has 1 aromatic carbocycles. The van der Waals surface area contributed by atoms with Gasteiger partial charge in [0.2, 0.25) is 21.8 Å². The summed E-state index contributed by atoms with van der Waals surface area (Å²) in [5, 5.41) is 3.05. The SMILES string of the molecule is CCCCN1C(=O)[C@H](CC(C)C)NC(=O)C12CCN(Cc1ccc(NS(C)(=O)=O)cc1)CC2.Cl. The van der Waals surface area contributed by atoms with Crippen molar-refractivity contribution >= 4 is 39.9 Å². The topological polar surface area (TPSA) is 98.8 Å². The van der Waals surface area contributed by atoms with Crippen LogP contribution in [-0.2, 0) is 26.2 Å². The maximum absolute atomic E-state index is 13.3. The second-order valence-corrected chi connectivity index (χ2v) is 11.6. The zero-order valence-electron chi connectivity index (χ0n) is 20.7. The van der Waals surface area contributed by atoms with Crippen molar-refractivity contribution in [2.45, 2.75) is 71.0 Å². The van der Waals surface area contributed by atoms with Gasteiger partial charge < -0.3 is 10.2 Å². The van der Waals surface area contributed by atoms with E-state index in [4.69, 9.17) is 0 Å². The third-order valence-corrected chi connectivity index (χ3v) is 7.20. The van der Waals surface area contributed by atoms with Gasteiger partial charge in [-0.15, -0.1) is 12.4 Å². The predicted molar refractivity (Wildman–Crippen MR) is 137 cm³/mol. The Kier molecular flexibility index (Phi) is 9.80. The minimum absolute atomic E-state index is 0. The van der Waals surface area contributed by atoms with E-state index in [1.807, 2.05) is 17.0 Å². The molecular weight excluding hydrogens is 476 g/mol. The van der Waals surface area contributed by atoms with Crippen molar-refractivity contribution < 1.29 is 18.0 Å². The fourth-order valence-corrected chi connectivity index (χ4v) is 5.44. The van der Waals surface area contributed by atoms with Crippen LogP contribution in [0.2, 0.25) is 0 Å². The van der Waals surface area contributed by atoms with E-state index in [2.05, 4.69) is 35.7 Å². The van der Waals surface area contributed by atoms with E-state index in [0.717, 1.165) is 44.3 Å². The average molecular weight is 515 g/mol. The number of likely N-dealkylation sites (tertiary alicyclic amines) is 1. The number of halogens is 1. The highest BCUT2D eigenvalue weighted by atomic mass is 35.5. The molecule has 1 atom stereocenters. The molecule has 1 spiro atoms. The number of benzene rings is 1. The van der Waals surface area contributed by atoms with Gasteiger partial charge in [-0.25, -0.2) is 8.42 Å². The minimum Gasteiger partial charge on any atom is -0.342 e. The van der Waals surface area contributed by atoms with E-state index in [1.165, 1.54) is 0 Å². The maximum Gasteiger partial charge on any atom is 0.246 e. The number of nitrogens with zero attached hydrogens (tertiary/aromatic N) is 2. The van der Waals surface area contributed by atoms with Crippen molar-refractivity contribution in [1.29, 1.82) is 0 Å². The number of hydrogen-bond acceptors (Lipinski definition) is 5. The fourth-order valence-electron chi connectivity index (χ4n) is 4.88. The fraction of sp³-hybridized carbons (Fsp3) is 0.667. The Bertz CT molecular complexity index is 944. The van der Waals surface area contributed by atoms with Gasteiger partial charge >= 0.3 is 0 Å². The number of piperazine rings is 1. The number of carbonyl (C=O) groups excluding carboxylic acids is 2. The highest BCUT2D eigenvalue weighted by molar-refractivity contribution is 7.92. The van der Waals surface area contributed by atoms with Crippen LogP contribution < -0.4 is 10.0 Å². The number of hydrogen-bond donors (Lipinski definition) is 2. The molecule has 2 aliphatic rings. The molecule has 2 saturated heterocycles. The van der Waals surface area contributed by atoms with Crippen molar-refractivity contribution in [3.8, 4) is 0 Å². The van der Waals surface area contributed by atoms with Crippen LogP contribution in [0, 0.1) is 5.92 Å². The third-order valence-electron chi connectivity index (χ3n) is 6.60. The monoisotopic (exact) mass is 514 g/mol. The summed E-state index contributed by atoms with van der Waals surface area (Å²) in [5.74, 6) is 0.404. The van der Waals surface area contributed by atoms with Crippen LogP contribution in [-0.4, -0.2) is 67.5 Å². The van der Waals surface area contributed by atoms with Crippen molar-refractivity contribution in [2.24, 2.45) is 5.92 Å². The summed E-state index contributed by atoms with van der Waals surface area (Å²) in [6.07, 6.45) is 4.91. The lowest BCUT2D eigenvalue weighted by Gasteiger charge is -2.52. The number of unbranched alkanes of at least 4 members (excludes halogenated alkanes) is 1. The molecule has 2 aliphatic heterocycles. The minimum atomic E-state index is -3.30. The Morgan fingerprint density at radius 3 is 2.29 bits per heavy atom. The first kappa shape index (κ1) is 28.4. The number of anilines is 1. The van der Waals surface area contributed by atoms with E-state index in [0.29, 0.717) is 37.4 Å². The van der Waals surface area contributed by atoms with E-state index < -0.39 is 21.6 Å². The maximum atomic E-state index is 13.3. The molecule has 3 rings (SSSR count). The smallest absolute Gasteiger partial charge is 0.246 e. The molecule has 0 unspecified atom stereocenters. The molecule has 0 aliphatic carbocycles. The number of carbonyl (C=O) groups is 2. The van der Waals surface area contributed by atoms with E-state index in [9.17, 15) is 18.0 Å². The van der Waals surface area contributed by atoms with Crippen molar-refractivity contribution in [3.05, 3.63) is 29.8 Å². The highest BCUT2D eigenvalue weighted by Crippen LogP contribution is 2.34. The molecular formula is C24H39ClN4O4S. The first-order valence-electron chi connectivity index (χ1n) is 12.0.